The molecular weight excluding hydrogens is 600 g/mol. The van der Waals surface area contributed by atoms with Gasteiger partial charge in [-0.25, -0.2) is 14.2 Å². The van der Waals surface area contributed by atoms with Crippen LogP contribution in [-0.2, 0) is 38.8 Å². The zero-order valence-electron chi connectivity index (χ0n) is 23.4. The summed E-state index contributed by atoms with van der Waals surface area (Å²) in [5.74, 6) is -1.41. The summed E-state index contributed by atoms with van der Waals surface area (Å²) in [5, 5.41) is 19.1. The SMILES string of the molecule is N#CCC1(Cn2c(CN3CCc4cc(C(F)(F)F)c(OCc5ccc(Cl)cc5F)cc4C3)nc3ccc(C(=O)O)cc32)CC1. The molecule has 2 aliphatic rings. The number of carbonyl (C=O) groups is 1. The lowest BCUT2D eigenvalue weighted by atomic mass is 9.96. The van der Waals surface area contributed by atoms with Gasteiger partial charge in [-0.1, -0.05) is 17.7 Å². The number of ether oxygens (including phenoxy) is 1. The van der Waals surface area contributed by atoms with Gasteiger partial charge < -0.3 is 14.4 Å². The van der Waals surface area contributed by atoms with Crippen molar-refractivity contribution in [3.05, 3.63) is 93.0 Å². The van der Waals surface area contributed by atoms with Crippen LogP contribution in [0.1, 0.15) is 57.7 Å². The van der Waals surface area contributed by atoms with E-state index in [4.69, 9.17) is 21.3 Å². The highest BCUT2D eigenvalue weighted by Gasteiger charge is 2.43. The molecule has 4 aromatic rings. The first-order chi connectivity index (χ1) is 20.9. The van der Waals surface area contributed by atoms with Crippen molar-refractivity contribution in [3.63, 3.8) is 0 Å². The van der Waals surface area contributed by atoms with Gasteiger partial charge in [0.05, 0.1) is 34.8 Å². The smallest absolute Gasteiger partial charge is 0.419 e. The molecule has 1 aromatic heterocycles. The Morgan fingerprint density at radius 1 is 1.14 bits per heavy atom. The highest BCUT2D eigenvalue weighted by molar-refractivity contribution is 6.30. The van der Waals surface area contributed by atoms with E-state index >= 15 is 0 Å². The molecule has 2 heterocycles. The van der Waals surface area contributed by atoms with Crippen LogP contribution in [0.4, 0.5) is 17.6 Å². The Balaban J connectivity index is 1.29. The van der Waals surface area contributed by atoms with Crippen molar-refractivity contribution < 1.29 is 32.2 Å². The Morgan fingerprint density at radius 2 is 1.93 bits per heavy atom. The van der Waals surface area contributed by atoms with Crippen LogP contribution in [0.3, 0.4) is 0 Å². The summed E-state index contributed by atoms with van der Waals surface area (Å²) in [6.45, 7) is 1.29. The fraction of sp³-hybridized carbons (Fsp3) is 0.344. The van der Waals surface area contributed by atoms with Crippen LogP contribution < -0.4 is 4.74 Å². The number of carboxylic acid groups (broad SMARTS) is 1. The minimum atomic E-state index is -4.66. The van der Waals surface area contributed by atoms with Gasteiger partial charge in [0.1, 0.15) is 24.0 Å². The van der Waals surface area contributed by atoms with E-state index in [0.29, 0.717) is 67.0 Å². The van der Waals surface area contributed by atoms with E-state index in [1.807, 2.05) is 4.57 Å². The first-order valence-corrected chi connectivity index (χ1v) is 14.4. The average Bonchev–Trinajstić information content (AvgIpc) is 3.65. The van der Waals surface area contributed by atoms with Crippen LogP contribution in [0.5, 0.6) is 5.75 Å². The van der Waals surface area contributed by atoms with Crippen LogP contribution in [-0.4, -0.2) is 32.1 Å². The summed E-state index contributed by atoms with van der Waals surface area (Å²) >= 11 is 5.79. The van der Waals surface area contributed by atoms with Crippen LogP contribution in [0.15, 0.2) is 48.5 Å². The molecule has 12 heteroatoms. The summed E-state index contributed by atoms with van der Waals surface area (Å²) in [6, 6.07) is 13.4. The van der Waals surface area contributed by atoms with Gasteiger partial charge in [-0.15, -0.1) is 0 Å². The summed E-state index contributed by atoms with van der Waals surface area (Å²) in [7, 11) is 0. The molecule has 3 aromatic carbocycles. The van der Waals surface area contributed by atoms with Crippen molar-refractivity contribution in [1.82, 2.24) is 14.5 Å². The molecule has 44 heavy (non-hydrogen) atoms. The summed E-state index contributed by atoms with van der Waals surface area (Å²) in [6.07, 6.45) is -2.14. The van der Waals surface area contributed by atoms with Crippen molar-refractivity contribution in [3.8, 4) is 11.8 Å². The number of carboxylic acids is 1. The van der Waals surface area contributed by atoms with Gasteiger partial charge in [0, 0.05) is 42.1 Å². The van der Waals surface area contributed by atoms with Gasteiger partial charge in [0.2, 0.25) is 0 Å². The monoisotopic (exact) mass is 626 g/mol. The van der Waals surface area contributed by atoms with Gasteiger partial charge in [-0.3, -0.25) is 4.90 Å². The molecule has 0 unspecified atom stereocenters. The van der Waals surface area contributed by atoms with Crippen molar-refractivity contribution in [1.29, 1.82) is 5.26 Å². The third-order valence-electron chi connectivity index (χ3n) is 8.44. The fourth-order valence-electron chi connectivity index (χ4n) is 5.79. The molecule has 1 aliphatic heterocycles. The zero-order valence-corrected chi connectivity index (χ0v) is 24.2. The van der Waals surface area contributed by atoms with Crippen LogP contribution in [0.25, 0.3) is 11.0 Å². The molecular formula is C32H27ClF4N4O3. The minimum Gasteiger partial charge on any atom is -0.488 e. The quantitative estimate of drug-likeness (QED) is 0.195. The third kappa shape index (κ3) is 6.10. The number of halogens is 5. The lowest BCUT2D eigenvalue weighted by Crippen LogP contribution is -2.32. The Hall–Kier alpha value is -4.14. The number of alkyl halides is 3. The van der Waals surface area contributed by atoms with Crippen LogP contribution >= 0.6 is 11.6 Å². The Bertz CT molecular complexity index is 1810. The summed E-state index contributed by atoms with van der Waals surface area (Å²) in [5.41, 5.74) is 1.64. The Kier molecular flexibility index (Phi) is 7.76. The second kappa shape index (κ2) is 11.4. The normalized spacial score (nSPS) is 16.0. The Morgan fingerprint density at radius 3 is 2.61 bits per heavy atom. The number of hydrogen-bond acceptors (Lipinski definition) is 5. The van der Waals surface area contributed by atoms with Crippen molar-refractivity contribution >= 4 is 28.6 Å². The second-order valence-electron chi connectivity index (χ2n) is 11.6. The predicted molar refractivity (Wildman–Crippen MR) is 154 cm³/mol. The molecule has 1 fully saturated rings. The van der Waals surface area contributed by atoms with Gasteiger partial charge in [0.25, 0.3) is 0 Å². The molecule has 6 rings (SSSR count). The summed E-state index contributed by atoms with van der Waals surface area (Å²) < 4.78 is 63.9. The molecule has 0 spiro atoms. The maximum atomic E-state index is 14.3. The standard InChI is InChI=1S/C32H27ClF4N4O3/c33-23-3-1-21(25(34)14-23)17-44-28-13-22-15-40(10-5-19(22)11-24(28)32(35,36)37)16-29-39-26-4-2-20(30(42)43)12-27(26)41(29)18-31(6-7-31)8-9-38/h1-4,11-14H,5-8,10,15-18H2,(H,42,43). The molecule has 0 atom stereocenters. The molecule has 1 aliphatic carbocycles. The van der Waals surface area contributed by atoms with Crippen molar-refractivity contribution in [2.24, 2.45) is 5.41 Å². The van der Waals surface area contributed by atoms with E-state index in [1.54, 1.807) is 12.1 Å². The molecule has 1 N–H and O–H groups in total. The van der Waals surface area contributed by atoms with Crippen molar-refractivity contribution in [2.45, 2.75) is 58.1 Å². The number of fused-ring (bicyclic) bond motifs is 2. The van der Waals surface area contributed by atoms with E-state index in [9.17, 15) is 32.7 Å². The number of benzene rings is 3. The molecule has 228 valence electrons. The third-order valence-corrected chi connectivity index (χ3v) is 8.68. The Labute approximate surface area is 255 Å². The zero-order chi connectivity index (χ0) is 31.2. The molecule has 0 radical (unpaired) electrons. The lowest BCUT2D eigenvalue weighted by molar-refractivity contribution is -0.139. The first-order valence-electron chi connectivity index (χ1n) is 14.1. The molecule has 7 nitrogen and oxygen atoms in total. The van der Waals surface area contributed by atoms with Gasteiger partial charge in [-0.05, 0) is 72.9 Å². The number of imidazole rings is 1. The van der Waals surface area contributed by atoms with Gasteiger partial charge in [0.15, 0.2) is 0 Å². The van der Waals surface area contributed by atoms with E-state index in [1.165, 1.54) is 24.3 Å². The van der Waals surface area contributed by atoms with E-state index in [-0.39, 0.29) is 27.3 Å². The number of aromatic nitrogens is 2. The van der Waals surface area contributed by atoms with E-state index in [2.05, 4.69) is 11.0 Å². The topological polar surface area (TPSA) is 91.4 Å². The number of nitriles is 1. The predicted octanol–water partition coefficient (Wildman–Crippen LogP) is 7.38. The molecule has 1 saturated carbocycles. The number of aromatic carboxylic acids is 1. The number of rotatable bonds is 9. The van der Waals surface area contributed by atoms with Crippen molar-refractivity contribution in [2.75, 3.05) is 6.54 Å². The van der Waals surface area contributed by atoms with E-state index < -0.39 is 30.1 Å². The number of nitrogens with zero attached hydrogens (tertiary/aromatic N) is 4. The molecule has 0 bridgehead atoms. The summed E-state index contributed by atoms with van der Waals surface area (Å²) in [4.78, 5) is 18.6. The van der Waals surface area contributed by atoms with Gasteiger partial charge in [-0.2, -0.15) is 18.4 Å². The minimum absolute atomic E-state index is 0.0802. The maximum absolute atomic E-state index is 14.3. The fourth-order valence-corrected chi connectivity index (χ4v) is 5.95. The van der Waals surface area contributed by atoms with Crippen LogP contribution in [0, 0.1) is 22.6 Å². The maximum Gasteiger partial charge on any atom is 0.419 e. The van der Waals surface area contributed by atoms with E-state index in [0.717, 1.165) is 25.0 Å². The second-order valence-corrected chi connectivity index (χ2v) is 12.0. The highest BCUT2D eigenvalue weighted by Crippen LogP contribution is 2.50. The largest absolute Gasteiger partial charge is 0.488 e. The number of hydrogen-bond donors (Lipinski definition) is 1. The molecule has 0 amide bonds. The van der Waals surface area contributed by atoms with Gasteiger partial charge >= 0.3 is 12.1 Å². The average molecular weight is 627 g/mol. The van der Waals surface area contributed by atoms with Crippen LogP contribution in [0.2, 0.25) is 5.02 Å². The lowest BCUT2D eigenvalue weighted by Gasteiger charge is -2.30. The first kappa shape index (κ1) is 29.9. The highest BCUT2D eigenvalue weighted by atomic mass is 35.5. The molecule has 0 saturated heterocycles.